The number of benzene rings is 2. The van der Waals surface area contributed by atoms with E-state index in [0.29, 0.717) is 0 Å². The van der Waals surface area contributed by atoms with E-state index < -0.39 is 0 Å². The van der Waals surface area contributed by atoms with Gasteiger partial charge in [0.2, 0.25) is 0 Å². The van der Waals surface area contributed by atoms with Gasteiger partial charge in [0.1, 0.15) is 0 Å². The van der Waals surface area contributed by atoms with Crippen LogP contribution in [0.1, 0.15) is 6.92 Å². The number of hydrogen-bond acceptors (Lipinski definition) is 0. The highest BCUT2D eigenvalue weighted by molar-refractivity contribution is 6.10. The van der Waals surface area contributed by atoms with Gasteiger partial charge in [0, 0.05) is 16.5 Å². The Labute approximate surface area is 107 Å². The third-order valence-corrected chi connectivity index (χ3v) is 3.23. The summed E-state index contributed by atoms with van der Waals surface area (Å²) in [6, 6.07) is 16.9. The molecule has 1 aromatic heterocycles. The van der Waals surface area contributed by atoms with E-state index in [-0.39, 0.29) is 0 Å². The van der Waals surface area contributed by atoms with Crippen molar-refractivity contribution in [3.8, 4) is 0 Å². The lowest BCUT2D eigenvalue weighted by Gasteiger charge is -2.06. The van der Waals surface area contributed by atoms with Crippen molar-refractivity contribution in [2.45, 2.75) is 6.92 Å². The number of hydrogen-bond donors (Lipinski definition) is 0. The van der Waals surface area contributed by atoms with Crippen molar-refractivity contribution in [1.82, 2.24) is 4.57 Å². The molecule has 18 heavy (non-hydrogen) atoms. The first kappa shape index (κ1) is 10.8. The van der Waals surface area contributed by atoms with Crippen LogP contribution in [0.25, 0.3) is 27.5 Å². The summed E-state index contributed by atoms with van der Waals surface area (Å²) in [6.07, 6.45) is 4.06. The average molecular weight is 233 g/mol. The van der Waals surface area contributed by atoms with Crippen molar-refractivity contribution in [3.63, 3.8) is 0 Å². The molecule has 0 aliphatic rings. The molecule has 0 aliphatic heterocycles. The second kappa shape index (κ2) is 4.19. The van der Waals surface area contributed by atoms with Gasteiger partial charge in [-0.3, -0.25) is 0 Å². The molecule has 0 radical (unpaired) electrons. The highest BCUT2D eigenvalue weighted by Crippen LogP contribution is 2.31. The summed E-state index contributed by atoms with van der Waals surface area (Å²) >= 11 is 0. The van der Waals surface area contributed by atoms with Crippen LogP contribution < -0.4 is 0 Å². The van der Waals surface area contributed by atoms with Crippen molar-refractivity contribution in [1.29, 1.82) is 0 Å². The molecule has 0 saturated carbocycles. The summed E-state index contributed by atoms with van der Waals surface area (Å²) in [5.74, 6) is 0. The Morgan fingerprint density at radius 1 is 0.944 bits per heavy atom. The maximum atomic E-state index is 4.16. The van der Waals surface area contributed by atoms with Crippen molar-refractivity contribution >= 4 is 27.5 Å². The monoisotopic (exact) mass is 233 g/mol. The molecule has 1 heterocycles. The molecule has 0 amide bonds. The lowest BCUT2D eigenvalue weighted by molar-refractivity contribution is 1.24. The third kappa shape index (κ3) is 1.48. The largest absolute Gasteiger partial charge is 0.310 e. The van der Waals surface area contributed by atoms with Gasteiger partial charge in [-0.15, -0.1) is 0 Å². The predicted octanol–water partition coefficient (Wildman–Crippen LogP) is 4.84. The molecule has 0 bridgehead atoms. The second-order valence-electron chi connectivity index (χ2n) is 4.36. The molecule has 2 aromatic carbocycles. The molecular formula is C17H15N. The van der Waals surface area contributed by atoms with Crippen LogP contribution in [0.3, 0.4) is 0 Å². The fraction of sp³-hybridized carbons (Fsp3) is 0.0588. The summed E-state index contributed by atoms with van der Waals surface area (Å²) in [7, 11) is 0. The summed E-state index contributed by atoms with van der Waals surface area (Å²) in [5.41, 5.74) is 3.42. The van der Waals surface area contributed by atoms with E-state index in [0.717, 1.165) is 5.70 Å². The molecule has 1 heteroatoms. The Morgan fingerprint density at radius 3 is 1.94 bits per heavy atom. The zero-order valence-electron chi connectivity index (χ0n) is 10.4. The van der Waals surface area contributed by atoms with E-state index in [1.54, 1.807) is 0 Å². The Bertz CT molecular complexity index is 706. The average Bonchev–Trinajstić information content (AvgIpc) is 2.73. The molecule has 1 nitrogen and oxygen atoms in total. The Balaban J connectivity index is 2.49. The van der Waals surface area contributed by atoms with Crippen LogP contribution in [0.5, 0.6) is 0 Å². The number of para-hydroxylation sites is 2. The van der Waals surface area contributed by atoms with Crippen LogP contribution in [0.2, 0.25) is 0 Å². The third-order valence-electron chi connectivity index (χ3n) is 3.23. The SMILES string of the molecule is C=C(C=CC)n1c2ccccc2c2ccccc21. The van der Waals surface area contributed by atoms with E-state index >= 15 is 0 Å². The summed E-state index contributed by atoms with van der Waals surface area (Å²) in [6.45, 7) is 6.18. The molecule has 0 spiro atoms. The lowest BCUT2D eigenvalue weighted by atomic mass is 10.2. The van der Waals surface area contributed by atoms with Gasteiger partial charge in [0.25, 0.3) is 0 Å². The van der Waals surface area contributed by atoms with Crippen molar-refractivity contribution in [3.05, 3.63) is 67.3 Å². The molecule has 0 atom stereocenters. The Kier molecular flexibility index (Phi) is 2.52. The van der Waals surface area contributed by atoms with E-state index in [4.69, 9.17) is 0 Å². The van der Waals surface area contributed by atoms with Crippen molar-refractivity contribution in [2.75, 3.05) is 0 Å². The normalized spacial score (nSPS) is 11.6. The van der Waals surface area contributed by atoms with Gasteiger partial charge in [0.15, 0.2) is 0 Å². The highest BCUT2D eigenvalue weighted by atomic mass is 15.0. The molecule has 88 valence electrons. The van der Waals surface area contributed by atoms with Gasteiger partial charge in [-0.1, -0.05) is 49.1 Å². The number of aromatic nitrogens is 1. The lowest BCUT2D eigenvalue weighted by Crippen LogP contribution is -1.92. The Hall–Kier alpha value is -2.28. The van der Waals surface area contributed by atoms with Gasteiger partial charge in [-0.05, 0) is 25.1 Å². The van der Waals surface area contributed by atoms with Gasteiger partial charge >= 0.3 is 0 Å². The smallest absolute Gasteiger partial charge is 0.0540 e. The topological polar surface area (TPSA) is 4.93 Å². The first-order chi connectivity index (χ1) is 8.83. The highest BCUT2D eigenvalue weighted by Gasteiger charge is 2.09. The van der Waals surface area contributed by atoms with Gasteiger partial charge in [-0.2, -0.15) is 0 Å². The molecule has 0 aliphatic carbocycles. The summed E-state index contributed by atoms with van der Waals surface area (Å²) in [5, 5.41) is 2.55. The van der Waals surface area contributed by atoms with Crippen LogP contribution in [0, 0.1) is 0 Å². The van der Waals surface area contributed by atoms with Crippen molar-refractivity contribution in [2.24, 2.45) is 0 Å². The van der Waals surface area contributed by atoms with Crippen LogP contribution in [-0.2, 0) is 0 Å². The molecule has 0 N–H and O–H groups in total. The molecule has 3 aromatic rings. The van der Waals surface area contributed by atoms with E-state index in [1.165, 1.54) is 21.8 Å². The first-order valence-electron chi connectivity index (χ1n) is 6.13. The van der Waals surface area contributed by atoms with E-state index in [9.17, 15) is 0 Å². The predicted molar refractivity (Wildman–Crippen MR) is 79.6 cm³/mol. The number of allylic oxidation sites excluding steroid dienone is 3. The fourth-order valence-corrected chi connectivity index (χ4v) is 2.50. The minimum Gasteiger partial charge on any atom is -0.310 e. The van der Waals surface area contributed by atoms with Crippen LogP contribution >= 0.6 is 0 Å². The molecule has 3 rings (SSSR count). The minimum absolute atomic E-state index is 0.995. The first-order valence-corrected chi connectivity index (χ1v) is 6.13. The van der Waals surface area contributed by atoms with Crippen LogP contribution in [-0.4, -0.2) is 4.57 Å². The summed E-state index contributed by atoms with van der Waals surface area (Å²) < 4.78 is 2.21. The fourth-order valence-electron chi connectivity index (χ4n) is 2.50. The maximum absolute atomic E-state index is 4.16. The number of fused-ring (bicyclic) bond motifs is 3. The summed E-state index contributed by atoms with van der Waals surface area (Å²) in [4.78, 5) is 0. The minimum atomic E-state index is 0.995. The zero-order chi connectivity index (χ0) is 12.5. The van der Waals surface area contributed by atoms with Gasteiger partial charge < -0.3 is 4.57 Å². The molecule has 0 unspecified atom stereocenters. The number of nitrogens with zero attached hydrogens (tertiary/aromatic N) is 1. The molecule has 0 saturated heterocycles. The van der Waals surface area contributed by atoms with Crippen molar-refractivity contribution < 1.29 is 0 Å². The Morgan fingerprint density at radius 2 is 1.44 bits per heavy atom. The molecular weight excluding hydrogens is 218 g/mol. The van der Waals surface area contributed by atoms with E-state index in [2.05, 4.69) is 59.7 Å². The maximum Gasteiger partial charge on any atom is 0.0540 e. The number of rotatable bonds is 2. The van der Waals surface area contributed by atoms with E-state index in [1.807, 2.05) is 19.1 Å². The van der Waals surface area contributed by atoms with Crippen LogP contribution in [0.4, 0.5) is 0 Å². The second-order valence-corrected chi connectivity index (χ2v) is 4.36. The quantitative estimate of drug-likeness (QED) is 0.558. The van der Waals surface area contributed by atoms with Gasteiger partial charge in [0.05, 0.1) is 11.0 Å². The zero-order valence-corrected chi connectivity index (χ0v) is 10.4. The van der Waals surface area contributed by atoms with Gasteiger partial charge in [-0.25, -0.2) is 0 Å². The molecule has 0 fully saturated rings. The standard InChI is InChI=1S/C17H15N/c1-3-8-13(2)18-16-11-6-4-9-14(16)15-10-5-7-12-17(15)18/h3-12H,2H2,1H3. The van der Waals surface area contributed by atoms with Crippen LogP contribution in [0.15, 0.2) is 67.3 Å².